The van der Waals surface area contributed by atoms with Crippen LogP contribution in [0.3, 0.4) is 0 Å². The molecular formula is C9H13N3S. The number of amidine groups is 1. The van der Waals surface area contributed by atoms with Gasteiger partial charge in [0.25, 0.3) is 0 Å². The van der Waals surface area contributed by atoms with E-state index in [1.807, 2.05) is 12.3 Å². The summed E-state index contributed by atoms with van der Waals surface area (Å²) in [7, 11) is 0. The SMILES string of the molecule is Cc1csc(CN=C(N)C2CC2)n1. The molecule has 0 saturated heterocycles. The van der Waals surface area contributed by atoms with Crippen LogP contribution in [-0.4, -0.2) is 10.8 Å². The average Bonchev–Trinajstić information content (AvgIpc) is 2.87. The summed E-state index contributed by atoms with van der Waals surface area (Å²) in [5.74, 6) is 1.38. The van der Waals surface area contributed by atoms with Gasteiger partial charge in [0.1, 0.15) is 5.01 Å². The third-order valence-corrected chi connectivity index (χ3v) is 3.01. The Labute approximate surface area is 81.7 Å². The molecule has 0 unspecified atom stereocenters. The van der Waals surface area contributed by atoms with Gasteiger partial charge < -0.3 is 5.73 Å². The minimum absolute atomic E-state index is 0.570. The summed E-state index contributed by atoms with van der Waals surface area (Å²) in [6.07, 6.45) is 2.43. The second-order valence-corrected chi connectivity index (χ2v) is 4.34. The largest absolute Gasteiger partial charge is 0.387 e. The molecule has 1 aromatic rings. The molecule has 3 nitrogen and oxygen atoms in total. The molecule has 0 amide bonds. The van der Waals surface area contributed by atoms with Crippen LogP contribution in [0.2, 0.25) is 0 Å². The number of nitrogens with zero attached hydrogens (tertiary/aromatic N) is 2. The third kappa shape index (κ3) is 2.28. The summed E-state index contributed by atoms with van der Waals surface area (Å²) >= 11 is 1.65. The fourth-order valence-electron chi connectivity index (χ4n) is 1.14. The summed E-state index contributed by atoms with van der Waals surface area (Å²) < 4.78 is 0. The Morgan fingerprint density at radius 3 is 3.08 bits per heavy atom. The molecule has 0 radical (unpaired) electrons. The van der Waals surface area contributed by atoms with Crippen molar-refractivity contribution in [2.75, 3.05) is 0 Å². The molecule has 1 aliphatic carbocycles. The van der Waals surface area contributed by atoms with Crippen molar-refractivity contribution in [2.45, 2.75) is 26.3 Å². The Hall–Kier alpha value is -0.900. The zero-order valence-electron chi connectivity index (χ0n) is 7.66. The van der Waals surface area contributed by atoms with Crippen LogP contribution >= 0.6 is 11.3 Å². The molecule has 70 valence electrons. The monoisotopic (exact) mass is 195 g/mol. The van der Waals surface area contributed by atoms with Gasteiger partial charge in [-0.05, 0) is 19.8 Å². The summed E-state index contributed by atoms with van der Waals surface area (Å²) in [6.45, 7) is 2.65. The van der Waals surface area contributed by atoms with Gasteiger partial charge in [0.2, 0.25) is 0 Å². The Bertz CT molecular complexity index is 325. The van der Waals surface area contributed by atoms with Gasteiger partial charge in [-0.2, -0.15) is 0 Å². The minimum Gasteiger partial charge on any atom is -0.387 e. The zero-order chi connectivity index (χ0) is 9.26. The van der Waals surface area contributed by atoms with Crippen LogP contribution in [-0.2, 0) is 6.54 Å². The van der Waals surface area contributed by atoms with Gasteiger partial charge in [0.15, 0.2) is 0 Å². The van der Waals surface area contributed by atoms with Crippen LogP contribution < -0.4 is 5.73 Å². The van der Waals surface area contributed by atoms with Gasteiger partial charge in [-0.1, -0.05) is 0 Å². The highest BCUT2D eigenvalue weighted by Gasteiger charge is 2.25. The van der Waals surface area contributed by atoms with E-state index in [9.17, 15) is 0 Å². The summed E-state index contributed by atoms with van der Waals surface area (Å²) in [6, 6.07) is 0. The molecule has 0 aliphatic heterocycles. The Kier molecular flexibility index (Phi) is 2.31. The van der Waals surface area contributed by atoms with Gasteiger partial charge in [-0.15, -0.1) is 11.3 Å². The van der Waals surface area contributed by atoms with Gasteiger partial charge >= 0.3 is 0 Å². The van der Waals surface area contributed by atoms with E-state index < -0.39 is 0 Å². The summed E-state index contributed by atoms with van der Waals surface area (Å²) in [5, 5.41) is 3.10. The van der Waals surface area contributed by atoms with Crippen molar-refractivity contribution < 1.29 is 0 Å². The van der Waals surface area contributed by atoms with E-state index >= 15 is 0 Å². The maximum Gasteiger partial charge on any atom is 0.114 e. The van der Waals surface area contributed by atoms with Gasteiger partial charge in [-0.25, -0.2) is 4.98 Å². The standard InChI is InChI=1S/C9H13N3S/c1-6-5-13-8(12-6)4-11-9(10)7-2-3-7/h5,7H,2-4H2,1H3,(H2,10,11). The molecule has 1 fully saturated rings. The van der Waals surface area contributed by atoms with Crippen LogP contribution in [0.15, 0.2) is 10.4 Å². The number of hydrogen-bond donors (Lipinski definition) is 1. The minimum atomic E-state index is 0.570. The van der Waals surface area contributed by atoms with Crippen molar-refractivity contribution in [2.24, 2.45) is 16.6 Å². The van der Waals surface area contributed by atoms with E-state index in [2.05, 4.69) is 9.98 Å². The van der Waals surface area contributed by atoms with E-state index in [1.165, 1.54) is 12.8 Å². The molecule has 2 N–H and O–H groups in total. The first-order chi connectivity index (χ1) is 6.25. The van der Waals surface area contributed by atoms with Crippen LogP contribution in [0.4, 0.5) is 0 Å². The molecule has 1 heterocycles. The normalized spacial score (nSPS) is 17.8. The number of aryl methyl sites for hydroxylation is 1. The molecule has 1 aliphatic rings. The lowest BCUT2D eigenvalue weighted by atomic mass is 10.4. The van der Waals surface area contributed by atoms with Crippen molar-refractivity contribution in [3.63, 3.8) is 0 Å². The average molecular weight is 195 g/mol. The first-order valence-corrected chi connectivity index (χ1v) is 5.34. The number of thiazole rings is 1. The number of aromatic nitrogens is 1. The van der Waals surface area contributed by atoms with Gasteiger partial charge in [0, 0.05) is 17.0 Å². The Morgan fingerprint density at radius 2 is 2.54 bits per heavy atom. The molecule has 0 atom stereocenters. The van der Waals surface area contributed by atoms with Crippen molar-refractivity contribution in [1.29, 1.82) is 0 Å². The summed E-state index contributed by atoms with van der Waals surface area (Å²) in [5.41, 5.74) is 6.83. The van der Waals surface area contributed by atoms with Crippen molar-refractivity contribution >= 4 is 17.2 Å². The highest BCUT2D eigenvalue weighted by atomic mass is 32.1. The fraction of sp³-hybridized carbons (Fsp3) is 0.556. The highest BCUT2D eigenvalue weighted by molar-refractivity contribution is 7.09. The fourth-order valence-corrected chi connectivity index (χ4v) is 1.84. The van der Waals surface area contributed by atoms with Crippen LogP contribution in [0, 0.1) is 12.8 Å². The molecule has 1 saturated carbocycles. The Balaban J connectivity index is 1.94. The zero-order valence-corrected chi connectivity index (χ0v) is 8.47. The predicted octanol–water partition coefficient (Wildman–Crippen LogP) is 1.72. The molecule has 4 heteroatoms. The highest BCUT2D eigenvalue weighted by Crippen LogP contribution is 2.29. The number of rotatable bonds is 3. The third-order valence-electron chi connectivity index (χ3n) is 2.06. The lowest BCUT2D eigenvalue weighted by Gasteiger charge is -1.94. The topological polar surface area (TPSA) is 51.3 Å². The summed E-state index contributed by atoms with van der Waals surface area (Å²) in [4.78, 5) is 8.63. The van der Waals surface area contributed by atoms with E-state index in [1.54, 1.807) is 11.3 Å². The molecule has 2 rings (SSSR count). The van der Waals surface area contributed by atoms with Crippen LogP contribution in [0.25, 0.3) is 0 Å². The molecule has 0 spiro atoms. The van der Waals surface area contributed by atoms with E-state index in [0.29, 0.717) is 12.5 Å². The van der Waals surface area contributed by atoms with Crippen LogP contribution in [0.1, 0.15) is 23.5 Å². The molecule has 13 heavy (non-hydrogen) atoms. The smallest absolute Gasteiger partial charge is 0.114 e. The molecule has 1 aromatic heterocycles. The van der Waals surface area contributed by atoms with E-state index in [-0.39, 0.29) is 0 Å². The molecule has 0 aromatic carbocycles. The maximum atomic E-state index is 5.76. The van der Waals surface area contributed by atoms with E-state index in [4.69, 9.17) is 5.73 Å². The van der Waals surface area contributed by atoms with Crippen molar-refractivity contribution in [3.8, 4) is 0 Å². The lowest BCUT2D eigenvalue weighted by Crippen LogP contribution is -2.14. The quantitative estimate of drug-likeness (QED) is 0.589. The number of aliphatic imine (C=N–C) groups is 1. The maximum absolute atomic E-state index is 5.76. The molecule has 0 bridgehead atoms. The second-order valence-electron chi connectivity index (χ2n) is 3.40. The lowest BCUT2D eigenvalue weighted by molar-refractivity contribution is 0.988. The predicted molar refractivity (Wildman–Crippen MR) is 54.9 cm³/mol. The first kappa shape index (κ1) is 8.69. The number of nitrogens with two attached hydrogens (primary N) is 1. The second kappa shape index (κ2) is 3.46. The van der Waals surface area contributed by atoms with Gasteiger partial charge in [0.05, 0.1) is 12.4 Å². The first-order valence-electron chi connectivity index (χ1n) is 4.46. The number of hydrogen-bond acceptors (Lipinski definition) is 3. The Morgan fingerprint density at radius 1 is 1.77 bits per heavy atom. The van der Waals surface area contributed by atoms with Crippen molar-refractivity contribution in [1.82, 2.24) is 4.98 Å². The van der Waals surface area contributed by atoms with Crippen molar-refractivity contribution in [3.05, 3.63) is 16.1 Å². The van der Waals surface area contributed by atoms with Gasteiger partial charge in [-0.3, -0.25) is 4.99 Å². The molecular weight excluding hydrogens is 182 g/mol. The van der Waals surface area contributed by atoms with Crippen LogP contribution in [0.5, 0.6) is 0 Å². The van der Waals surface area contributed by atoms with E-state index in [0.717, 1.165) is 16.5 Å².